The molecule has 2 aromatic rings. The number of ether oxygens (including phenoxy) is 1. The van der Waals surface area contributed by atoms with Crippen LogP contribution in [0.1, 0.15) is 30.0 Å². The molecule has 3 heteroatoms. The fourth-order valence-corrected chi connectivity index (χ4v) is 2.17. The molecule has 0 bridgehead atoms. The number of aryl methyl sites for hydroxylation is 2. The third kappa shape index (κ3) is 4.99. The van der Waals surface area contributed by atoms with Gasteiger partial charge in [-0.2, -0.15) is 0 Å². The molecule has 0 radical (unpaired) electrons. The van der Waals surface area contributed by atoms with Crippen molar-refractivity contribution in [2.75, 3.05) is 11.9 Å². The van der Waals surface area contributed by atoms with Crippen molar-refractivity contribution >= 4 is 17.7 Å². The Labute approximate surface area is 138 Å². The van der Waals surface area contributed by atoms with E-state index in [1.54, 1.807) is 6.08 Å². The van der Waals surface area contributed by atoms with Crippen LogP contribution >= 0.6 is 0 Å². The molecule has 0 atom stereocenters. The monoisotopic (exact) mass is 309 g/mol. The molecule has 23 heavy (non-hydrogen) atoms. The van der Waals surface area contributed by atoms with E-state index in [0.717, 1.165) is 34.5 Å². The normalized spacial score (nSPS) is 10.7. The van der Waals surface area contributed by atoms with Gasteiger partial charge in [-0.15, -0.1) is 0 Å². The summed E-state index contributed by atoms with van der Waals surface area (Å²) < 4.78 is 5.69. The van der Waals surface area contributed by atoms with Crippen molar-refractivity contribution in [3.05, 3.63) is 65.2 Å². The second-order valence-electron chi connectivity index (χ2n) is 5.53. The summed E-state index contributed by atoms with van der Waals surface area (Å²) in [4.78, 5) is 12.1. The van der Waals surface area contributed by atoms with Crippen molar-refractivity contribution in [3.8, 4) is 5.75 Å². The van der Waals surface area contributed by atoms with Gasteiger partial charge in [0.1, 0.15) is 5.75 Å². The molecule has 1 N–H and O–H groups in total. The lowest BCUT2D eigenvalue weighted by atomic mass is 10.1. The summed E-state index contributed by atoms with van der Waals surface area (Å²) in [5, 5.41) is 2.92. The lowest BCUT2D eigenvalue weighted by Crippen LogP contribution is -2.09. The number of nitrogens with one attached hydrogen (secondary N) is 1. The Morgan fingerprint density at radius 3 is 2.74 bits per heavy atom. The average Bonchev–Trinajstić information content (AvgIpc) is 2.55. The molecule has 2 aromatic carbocycles. The number of benzene rings is 2. The molecule has 0 unspecified atom stereocenters. The number of amides is 1. The zero-order valence-electron chi connectivity index (χ0n) is 13.9. The molecule has 0 spiro atoms. The predicted molar refractivity (Wildman–Crippen MR) is 95.8 cm³/mol. The summed E-state index contributed by atoms with van der Waals surface area (Å²) in [5.41, 5.74) is 3.91. The zero-order valence-corrected chi connectivity index (χ0v) is 13.9. The maximum atomic E-state index is 12.1. The van der Waals surface area contributed by atoms with Crippen LogP contribution in [0.5, 0.6) is 5.75 Å². The van der Waals surface area contributed by atoms with E-state index >= 15 is 0 Å². The van der Waals surface area contributed by atoms with Crippen LogP contribution in [0.15, 0.2) is 48.5 Å². The molecule has 0 heterocycles. The predicted octanol–water partition coefficient (Wildman–Crippen LogP) is 4.74. The van der Waals surface area contributed by atoms with Crippen LogP contribution in [0.4, 0.5) is 5.69 Å². The molecule has 120 valence electrons. The highest BCUT2D eigenvalue weighted by Crippen LogP contribution is 2.20. The summed E-state index contributed by atoms with van der Waals surface area (Å²) in [6, 6.07) is 13.7. The highest BCUT2D eigenvalue weighted by atomic mass is 16.5. The van der Waals surface area contributed by atoms with E-state index in [4.69, 9.17) is 4.74 Å². The molecule has 0 aromatic heterocycles. The van der Waals surface area contributed by atoms with Crippen LogP contribution in [0.3, 0.4) is 0 Å². The third-order valence-corrected chi connectivity index (χ3v) is 3.45. The van der Waals surface area contributed by atoms with Gasteiger partial charge in [0.25, 0.3) is 0 Å². The molecule has 0 saturated heterocycles. The topological polar surface area (TPSA) is 38.3 Å². The van der Waals surface area contributed by atoms with E-state index < -0.39 is 0 Å². The van der Waals surface area contributed by atoms with Crippen molar-refractivity contribution in [3.63, 3.8) is 0 Å². The maximum absolute atomic E-state index is 12.1. The van der Waals surface area contributed by atoms with Gasteiger partial charge >= 0.3 is 0 Å². The second kappa shape index (κ2) is 8.18. The first-order valence-electron chi connectivity index (χ1n) is 7.88. The number of para-hydroxylation sites is 1. The number of carbonyl (C=O) groups is 1. The Morgan fingerprint density at radius 2 is 1.96 bits per heavy atom. The maximum Gasteiger partial charge on any atom is 0.248 e. The minimum absolute atomic E-state index is 0.149. The Balaban J connectivity index is 2.08. The largest absolute Gasteiger partial charge is 0.493 e. The Kier molecular flexibility index (Phi) is 5.98. The minimum atomic E-state index is -0.149. The summed E-state index contributed by atoms with van der Waals surface area (Å²) in [5.74, 6) is 0.647. The van der Waals surface area contributed by atoms with Crippen molar-refractivity contribution in [2.45, 2.75) is 27.2 Å². The first-order chi connectivity index (χ1) is 11.1. The molecule has 0 fully saturated rings. The second-order valence-corrected chi connectivity index (χ2v) is 5.53. The number of hydrogen-bond acceptors (Lipinski definition) is 2. The number of carbonyl (C=O) groups excluding carboxylic acids is 1. The first-order valence-corrected chi connectivity index (χ1v) is 7.88. The molecule has 0 saturated carbocycles. The van der Waals surface area contributed by atoms with Gasteiger partial charge in [-0.25, -0.2) is 0 Å². The highest BCUT2D eigenvalue weighted by Gasteiger charge is 2.03. The Morgan fingerprint density at radius 1 is 1.17 bits per heavy atom. The molecular formula is C20H23NO2. The summed E-state index contributed by atoms with van der Waals surface area (Å²) in [6.07, 6.45) is 4.27. The lowest BCUT2D eigenvalue weighted by molar-refractivity contribution is -0.111. The van der Waals surface area contributed by atoms with Gasteiger partial charge in [0.05, 0.1) is 6.61 Å². The van der Waals surface area contributed by atoms with Gasteiger partial charge < -0.3 is 10.1 Å². The van der Waals surface area contributed by atoms with Crippen molar-refractivity contribution in [1.29, 1.82) is 0 Å². The van der Waals surface area contributed by atoms with Crippen LogP contribution in [-0.4, -0.2) is 12.5 Å². The van der Waals surface area contributed by atoms with Gasteiger partial charge in [0.2, 0.25) is 5.91 Å². The molecule has 0 aliphatic carbocycles. The number of rotatable bonds is 6. The van der Waals surface area contributed by atoms with Gasteiger partial charge in [0.15, 0.2) is 0 Å². The van der Waals surface area contributed by atoms with Crippen LogP contribution in [-0.2, 0) is 4.79 Å². The summed E-state index contributed by atoms with van der Waals surface area (Å²) in [6.45, 7) is 6.72. The molecule has 3 nitrogen and oxygen atoms in total. The van der Waals surface area contributed by atoms with Gasteiger partial charge in [-0.1, -0.05) is 37.3 Å². The minimum Gasteiger partial charge on any atom is -0.493 e. The van der Waals surface area contributed by atoms with Crippen molar-refractivity contribution in [2.24, 2.45) is 0 Å². The Bertz CT molecular complexity index is 705. The SMILES string of the molecule is CCCOc1ccccc1/C=C/C(=O)Nc1cc(C)ccc1C. The van der Waals surface area contributed by atoms with E-state index in [-0.39, 0.29) is 5.91 Å². The number of hydrogen-bond donors (Lipinski definition) is 1. The molecule has 0 aliphatic heterocycles. The van der Waals surface area contributed by atoms with Crippen LogP contribution in [0.2, 0.25) is 0 Å². The van der Waals surface area contributed by atoms with Crippen LogP contribution in [0.25, 0.3) is 6.08 Å². The highest BCUT2D eigenvalue weighted by molar-refractivity contribution is 6.02. The van der Waals surface area contributed by atoms with E-state index in [9.17, 15) is 4.79 Å². The Hall–Kier alpha value is -2.55. The van der Waals surface area contributed by atoms with E-state index in [1.165, 1.54) is 6.08 Å². The quantitative estimate of drug-likeness (QED) is 0.782. The molecule has 0 aliphatic rings. The van der Waals surface area contributed by atoms with E-state index in [1.807, 2.05) is 56.3 Å². The lowest BCUT2D eigenvalue weighted by Gasteiger charge is -2.08. The van der Waals surface area contributed by atoms with Gasteiger partial charge in [-0.05, 0) is 49.6 Å². The first kappa shape index (κ1) is 16.8. The third-order valence-electron chi connectivity index (χ3n) is 3.45. The smallest absolute Gasteiger partial charge is 0.248 e. The molecular weight excluding hydrogens is 286 g/mol. The summed E-state index contributed by atoms with van der Waals surface area (Å²) in [7, 11) is 0. The molecule has 1 amide bonds. The standard InChI is InChI=1S/C20H23NO2/c1-4-13-23-19-8-6-5-7-17(19)11-12-20(22)21-18-14-15(2)9-10-16(18)3/h5-12,14H,4,13H2,1-3H3,(H,21,22)/b12-11+. The zero-order chi connectivity index (χ0) is 16.7. The fourth-order valence-electron chi connectivity index (χ4n) is 2.17. The van der Waals surface area contributed by atoms with Gasteiger partial charge in [-0.3, -0.25) is 4.79 Å². The molecule has 2 rings (SSSR count). The van der Waals surface area contributed by atoms with Crippen LogP contribution < -0.4 is 10.1 Å². The average molecular weight is 309 g/mol. The summed E-state index contributed by atoms with van der Waals surface area (Å²) >= 11 is 0. The van der Waals surface area contributed by atoms with E-state index in [0.29, 0.717) is 6.61 Å². The van der Waals surface area contributed by atoms with Crippen molar-refractivity contribution < 1.29 is 9.53 Å². The van der Waals surface area contributed by atoms with Gasteiger partial charge in [0, 0.05) is 17.3 Å². The fraction of sp³-hybridized carbons (Fsp3) is 0.250. The van der Waals surface area contributed by atoms with Crippen molar-refractivity contribution in [1.82, 2.24) is 0 Å². The van der Waals surface area contributed by atoms with Crippen LogP contribution in [0, 0.1) is 13.8 Å². The van der Waals surface area contributed by atoms with E-state index in [2.05, 4.69) is 12.2 Å². The number of anilines is 1.